The van der Waals surface area contributed by atoms with E-state index in [0.717, 1.165) is 34.8 Å². The summed E-state index contributed by atoms with van der Waals surface area (Å²) in [6.45, 7) is 2.07. The zero-order valence-electron chi connectivity index (χ0n) is 14.9. The van der Waals surface area contributed by atoms with Gasteiger partial charge in [-0.25, -0.2) is 4.98 Å². The fourth-order valence-electron chi connectivity index (χ4n) is 3.49. The molecule has 0 aliphatic heterocycles. The summed E-state index contributed by atoms with van der Waals surface area (Å²) in [7, 11) is 0. The fourth-order valence-corrected chi connectivity index (χ4v) is 4.32. The first-order chi connectivity index (χ1) is 12.8. The highest BCUT2D eigenvalue weighted by atomic mass is 32.2. The van der Waals surface area contributed by atoms with Crippen LogP contribution in [0.5, 0.6) is 0 Å². The molecule has 4 rings (SSSR count). The summed E-state index contributed by atoms with van der Waals surface area (Å²) in [6, 6.07) is 9.91. The fraction of sp³-hybridized carbons (Fsp3) is 0.500. The Morgan fingerprint density at radius 2 is 2.04 bits per heavy atom. The van der Waals surface area contributed by atoms with Crippen molar-refractivity contribution in [1.29, 1.82) is 0 Å². The third kappa shape index (κ3) is 3.95. The van der Waals surface area contributed by atoms with Crippen molar-refractivity contribution in [2.24, 2.45) is 5.92 Å². The third-order valence-corrected chi connectivity index (χ3v) is 5.87. The van der Waals surface area contributed by atoms with Crippen molar-refractivity contribution >= 4 is 11.8 Å². The van der Waals surface area contributed by atoms with Crippen molar-refractivity contribution in [2.75, 3.05) is 0 Å². The summed E-state index contributed by atoms with van der Waals surface area (Å²) in [4.78, 5) is 4.64. The molecule has 26 heavy (non-hydrogen) atoms. The number of thioether (sulfide) groups is 1. The number of hydrogen-bond acceptors (Lipinski definition) is 6. The Morgan fingerprint density at radius 1 is 1.23 bits per heavy atom. The molecule has 2 aromatic heterocycles. The molecule has 1 atom stereocenters. The van der Waals surface area contributed by atoms with Crippen LogP contribution < -0.4 is 0 Å². The maximum atomic E-state index is 4.64. The molecule has 0 amide bonds. The SMILES string of the molecule is CC(Sc1n[nH]c(CCC2CCCC2)n1)c1nnnn1-c1ccccc1. The lowest BCUT2D eigenvalue weighted by Gasteiger charge is -2.09. The number of rotatable bonds is 7. The number of nitrogens with zero attached hydrogens (tertiary/aromatic N) is 6. The highest BCUT2D eigenvalue weighted by molar-refractivity contribution is 7.99. The molecule has 3 aromatic rings. The van der Waals surface area contributed by atoms with Gasteiger partial charge in [-0.05, 0) is 41.8 Å². The molecule has 8 heteroatoms. The van der Waals surface area contributed by atoms with Crippen LogP contribution in [0.3, 0.4) is 0 Å². The van der Waals surface area contributed by atoms with Gasteiger partial charge in [0.2, 0.25) is 5.16 Å². The highest BCUT2D eigenvalue weighted by Crippen LogP contribution is 2.32. The quantitative estimate of drug-likeness (QED) is 0.638. The van der Waals surface area contributed by atoms with E-state index < -0.39 is 0 Å². The van der Waals surface area contributed by atoms with Crippen molar-refractivity contribution < 1.29 is 0 Å². The first kappa shape index (κ1) is 17.2. The van der Waals surface area contributed by atoms with Crippen LogP contribution in [0.15, 0.2) is 35.5 Å². The van der Waals surface area contributed by atoms with Gasteiger partial charge >= 0.3 is 0 Å². The number of benzene rings is 1. The van der Waals surface area contributed by atoms with Gasteiger partial charge in [0, 0.05) is 6.42 Å². The van der Waals surface area contributed by atoms with Gasteiger partial charge < -0.3 is 0 Å². The number of tetrazole rings is 1. The lowest BCUT2D eigenvalue weighted by Crippen LogP contribution is -2.05. The Bertz CT molecular complexity index is 823. The van der Waals surface area contributed by atoms with Gasteiger partial charge in [0.15, 0.2) is 5.82 Å². The van der Waals surface area contributed by atoms with E-state index in [2.05, 4.69) is 37.6 Å². The molecule has 1 N–H and O–H groups in total. The average Bonchev–Trinajstić information content (AvgIpc) is 3.42. The Kier molecular flexibility index (Phi) is 5.29. The minimum absolute atomic E-state index is 0.0451. The number of nitrogens with one attached hydrogen (secondary N) is 1. The molecule has 0 spiro atoms. The summed E-state index contributed by atoms with van der Waals surface area (Å²) < 4.78 is 1.77. The van der Waals surface area contributed by atoms with Gasteiger partial charge in [0.1, 0.15) is 5.82 Å². The molecule has 1 fully saturated rings. The van der Waals surface area contributed by atoms with Crippen molar-refractivity contribution in [3.05, 3.63) is 42.0 Å². The van der Waals surface area contributed by atoms with Gasteiger partial charge in [-0.15, -0.1) is 10.2 Å². The van der Waals surface area contributed by atoms with Crippen molar-refractivity contribution in [2.45, 2.75) is 55.9 Å². The summed E-state index contributed by atoms with van der Waals surface area (Å²) in [5.41, 5.74) is 0.951. The number of hydrogen-bond donors (Lipinski definition) is 1. The second kappa shape index (κ2) is 7.99. The molecule has 2 heterocycles. The summed E-state index contributed by atoms with van der Waals surface area (Å²) in [5, 5.41) is 20.4. The van der Waals surface area contributed by atoms with Gasteiger partial charge in [-0.2, -0.15) is 4.68 Å². The minimum Gasteiger partial charge on any atom is -0.262 e. The number of aryl methyl sites for hydroxylation is 1. The average molecular weight is 369 g/mol. The zero-order chi connectivity index (χ0) is 17.8. The van der Waals surface area contributed by atoms with Crippen LogP contribution in [-0.2, 0) is 6.42 Å². The largest absolute Gasteiger partial charge is 0.262 e. The first-order valence-corrected chi connectivity index (χ1v) is 10.1. The highest BCUT2D eigenvalue weighted by Gasteiger charge is 2.20. The second-order valence-electron chi connectivity index (χ2n) is 6.80. The number of aromatic nitrogens is 7. The topological polar surface area (TPSA) is 85.2 Å². The van der Waals surface area contributed by atoms with Gasteiger partial charge in [0.05, 0.1) is 10.9 Å². The Hall–Kier alpha value is -2.22. The molecule has 0 bridgehead atoms. The normalized spacial score (nSPS) is 16.2. The smallest absolute Gasteiger partial charge is 0.209 e. The molecule has 1 aromatic carbocycles. The standard InChI is InChI=1S/C18H23N7S/c1-13(17-21-23-24-25(17)15-9-3-2-4-10-15)26-18-19-16(20-22-18)12-11-14-7-5-6-8-14/h2-4,9-10,13-14H,5-8,11-12H2,1H3,(H,19,20,22). The van der Waals surface area contributed by atoms with Crippen LogP contribution in [0.1, 0.15) is 55.9 Å². The maximum absolute atomic E-state index is 4.64. The van der Waals surface area contributed by atoms with Gasteiger partial charge in [-0.1, -0.05) is 55.6 Å². The lowest BCUT2D eigenvalue weighted by atomic mass is 10.0. The molecule has 1 aliphatic carbocycles. The third-order valence-electron chi connectivity index (χ3n) is 4.92. The monoisotopic (exact) mass is 369 g/mol. The molecule has 136 valence electrons. The summed E-state index contributed by atoms with van der Waals surface area (Å²) >= 11 is 1.57. The van der Waals surface area contributed by atoms with Crippen LogP contribution in [0, 0.1) is 5.92 Å². The van der Waals surface area contributed by atoms with Crippen LogP contribution in [0.25, 0.3) is 5.69 Å². The van der Waals surface area contributed by atoms with E-state index >= 15 is 0 Å². The van der Waals surface area contributed by atoms with Gasteiger partial charge in [-0.3, -0.25) is 5.10 Å². The number of para-hydroxylation sites is 1. The molecular formula is C18H23N7S. The van der Waals surface area contributed by atoms with E-state index in [9.17, 15) is 0 Å². The molecule has 7 nitrogen and oxygen atoms in total. The molecular weight excluding hydrogens is 346 g/mol. The number of aromatic amines is 1. The summed E-state index contributed by atoms with van der Waals surface area (Å²) in [5.74, 6) is 2.64. The molecule has 1 unspecified atom stereocenters. The number of H-pyrrole nitrogens is 1. The van der Waals surface area contributed by atoms with Crippen molar-refractivity contribution in [3.63, 3.8) is 0 Å². The second-order valence-corrected chi connectivity index (χ2v) is 8.11. The van der Waals surface area contributed by atoms with Crippen LogP contribution in [0.4, 0.5) is 0 Å². The van der Waals surface area contributed by atoms with E-state index in [4.69, 9.17) is 0 Å². The van der Waals surface area contributed by atoms with Crippen LogP contribution in [-0.4, -0.2) is 35.4 Å². The molecule has 1 saturated carbocycles. The predicted molar refractivity (Wildman–Crippen MR) is 100 cm³/mol. The van der Waals surface area contributed by atoms with Crippen LogP contribution in [0.2, 0.25) is 0 Å². The Morgan fingerprint density at radius 3 is 2.85 bits per heavy atom. The van der Waals surface area contributed by atoms with E-state index in [1.165, 1.54) is 32.1 Å². The summed E-state index contributed by atoms with van der Waals surface area (Å²) in [6.07, 6.45) is 7.70. The Balaban J connectivity index is 1.39. The van der Waals surface area contributed by atoms with E-state index in [1.807, 2.05) is 30.3 Å². The molecule has 0 radical (unpaired) electrons. The van der Waals surface area contributed by atoms with E-state index in [0.29, 0.717) is 0 Å². The predicted octanol–water partition coefficient (Wildman–Crippen LogP) is 3.76. The minimum atomic E-state index is 0.0451. The maximum Gasteiger partial charge on any atom is 0.209 e. The lowest BCUT2D eigenvalue weighted by molar-refractivity contribution is 0.497. The zero-order valence-corrected chi connectivity index (χ0v) is 15.7. The Labute approximate surface area is 157 Å². The molecule has 1 aliphatic rings. The van der Waals surface area contributed by atoms with E-state index in [-0.39, 0.29) is 5.25 Å². The van der Waals surface area contributed by atoms with Crippen molar-refractivity contribution in [3.8, 4) is 5.69 Å². The van der Waals surface area contributed by atoms with Crippen molar-refractivity contribution in [1.82, 2.24) is 35.4 Å². The molecule has 0 saturated heterocycles. The van der Waals surface area contributed by atoms with E-state index in [1.54, 1.807) is 16.4 Å². The van der Waals surface area contributed by atoms with Gasteiger partial charge in [0.25, 0.3) is 0 Å². The first-order valence-electron chi connectivity index (χ1n) is 9.21. The van der Waals surface area contributed by atoms with Crippen LogP contribution >= 0.6 is 11.8 Å².